The summed E-state index contributed by atoms with van der Waals surface area (Å²) in [4.78, 5) is 64.9. The molecule has 0 aromatic heterocycles. The first-order valence-electron chi connectivity index (χ1n) is 14.3. The minimum Gasteiger partial charge on any atom is -0.481 e. The largest absolute Gasteiger partial charge is 0.481 e. The maximum absolute atomic E-state index is 13.9. The summed E-state index contributed by atoms with van der Waals surface area (Å²) in [6.45, 7) is 4.60. The lowest BCUT2D eigenvalue weighted by Crippen LogP contribution is -2.50. The van der Waals surface area contributed by atoms with E-state index in [1.54, 1.807) is 12.1 Å². The zero-order chi connectivity index (χ0) is 33.5. The first kappa shape index (κ1) is 35.0. The fourth-order valence-corrected chi connectivity index (χ4v) is 4.91. The van der Waals surface area contributed by atoms with Crippen molar-refractivity contribution in [2.75, 3.05) is 25.0 Å². The summed E-state index contributed by atoms with van der Waals surface area (Å²) in [6, 6.07) is 5.24. The SMILES string of the molecule is CC(C)(C)c1ccccc1NC(=O)C(=O)N1CCCCC[C@@H](C(=O)N[C@@H](CC(=O)O)C(=O)COc2c(F)c(F)cc(F)c2F)C1. The van der Waals surface area contributed by atoms with Gasteiger partial charge in [0.25, 0.3) is 0 Å². The predicted octanol–water partition coefficient (Wildman–Crippen LogP) is 4.11. The highest BCUT2D eigenvalue weighted by Crippen LogP contribution is 2.30. The molecule has 0 bridgehead atoms. The van der Waals surface area contributed by atoms with Crippen molar-refractivity contribution in [2.45, 2.75) is 64.3 Å². The van der Waals surface area contributed by atoms with Crippen molar-refractivity contribution >= 4 is 35.2 Å². The number of carboxylic acids is 1. The molecule has 45 heavy (non-hydrogen) atoms. The van der Waals surface area contributed by atoms with Crippen LogP contribution in [0.2, 0.25) is 0 Å². The van der Waals surface area contributed by atoms with Crippen molar-refractivity contribution in [3.63, 3.8) is 0 Å². The van der Waals surface area contributed by atoms with Gasteiger partial charge in [-0.25, -0.2) is 8.78 Å². The molecule has 0 unspecified atom stereocenters. The molecule has 3 N–H and O–H groups in total. The fraction of sp³-hybridized carbons (Fsp3) is 0.452. The van der Waals surface area contributed by atoms with Crippen LogP contribution in [0.5, 0.6) is 5.75 Å². The number of anilines is 1. The van der Waals surface area contributed by atoms with Crippen LogP contribution in [-0.4, -0.2) is 65.2 Å². The number of hydrogen-bond acceptors (Lipinski definition) is 6. The summed E-state index contributed by atoms with van der Waals surface area (Å²) in [5.74, 6) is -15.1. The Balaban J connectivity index is 1.72. The summed E-state index contributed by atoms with van der Waals surface area (Å²) in [6.07, 6.45) is 1.05. The van der Waals surface area contributed by atoms with Crippen molar-refractivity contribution < 1.29 is 51.4 Å². The normalized spacial score (nSPS) is 16.2. The number of ketones is 1. The number of ether oxygens (including phenoxy) is 1. The van der Waals surface area contributed by atoms with Crippen molar-refractivity contribution in [1.29, 1.82) is 0 Å². The molecule has 2 aromatic carbocycles. The maximum Gasteiger partial charge on any atom is 0.313 e. The Hall–Kier alpha value is -4.49. The van der Waals surface area contributed by atoms with Gasteiger partial charge in [-0.05, 0) is 29.9 Å². The van der Waals surface area contributed by atoms with Crippen LogP contribution in [-0.2, 0) is 29.4 Å². The fourth-order valence-electron chi connectivity index (χ4n) is 4.91. The van der Waals surface area contributed by atoms with Crippen LogP contribution in [0.1, 0.15) is 58.4 Å². The van der Waals surface area contributed by atoms with Crippen molar-refractivity contribution in [1.82, 2.24) is 10.2 Å². The predicted molar refractivity (Wildman–Crippen MR) is 153 cm³/mol. The first-order valence-corrected chi connectivity index (χ1v) is 14.3. The Bertz CT molecular complexity index is 1440. The number of Topliss-reactive ketones (excluding diaryl/α,β-unsaturated/α-hetero) is 1. The summed E-state index contributed by atoms with van der Waals surface area (Å²) in [5.41, 5.74) is 0.936. The van der Waals surface area contributed by atoms with Crippen LogP contribution >= 0.6 is 0 Å². The number of para-hydroxylation sites is 1. The number of aliphatic carboxylic acids is 1. The van der Waals surface area contributed by atoms with Gasteiger partial charge >= 0.3 is 17.8 Å². The molecule has 1 aliphatic rings. The van der Waals surface area contributed by atoms with E-state index in [0.717, 1.165) is 5.56 Å². The van der Waals surface area contributed by atoms with Crippen molar-refractivity contribution in [3.05, 3.63) is 59.2 Å². The van der Waals surface area contributed by atoms with Gasteiger partial charge in [-0.2, -0.15) is 8.78 Å². The molecule has 3 rings (SSSR count). The van der Waals surface area contributed by atoms with Gasteiger partial charge in [0.05, 0.1) is 12.3 Å². The number of benzene rings is 2. The second kappa shape index (κ2) is 15.0. The van der Waals surface area contributed by atoms with Crippen LogP contribution in [0.4, 0.5) is 23.2 Å². The number of rotatable bonds is 9. The summed E-state index contributed by atoms with van der Waals surface area (Å²) in [5, 5.41) is 14.2. The molecule has 10 nitrogen and oxygen atoms in total. The second-order valence-corrected chi connectivity index (χ2v) is 11.8. The number of nitrogens with one attached hydrogen (secondary N) is 2. The van der Waals surface area contributed by atoms with E-state index in [-0.39, 0.29) is 31.0 Å². The molecule has 1 aliphatic heterocycles. The topological polar surface area (TPSA) is 142 Å². The number of hydrogen-bond donors (Lipinski definition) is 3. The number of likely N-dealkylation sites (tertiary alicyclic amines) is 1. The molecule has 0 saturated carbocycles. The van der Waals surface area contributed by atoms with Crippen LogP contribution in [0.25, 0.3) is 0 Å². The molecule has 0 radical (unpaired) electrons. The average molecular weight is 638 g/mol. The maximum atomic E-state index is 13.9. The average Bonchev–Trinajstić information content (AvgIpc) is 2.94. The molecular weight excluding hydrogens is 602 g/mol. The van der Waals surface area contributed by atoms with Gasteiger partial charge < -0.3 is 25.4 Å². The zero-order valence-corrected chi connectivity index (χ0v) is 25.1. The molecule has 2 aromatic rings. The van der Waals surface area contributed by atoms with E-state index in [4.69, 9.17) is 0 Å². The smallest absolute Gasteiger partial charge is 0.313 e. The van der Waals surface area contributed by atoms with Crippen LogP contribution in [0.15, 0.2) is 30.3 Å². The lowest BCUT2D eigenvalue weighted by atomic mass is 9.86. The summed E-state index contributed by atoms with van der Waals surface area (Å²) >= 11 is 0. The van der Waals surface area contributed by atoms with E-state index in [1.165, 1.54) is 4.90 Å². The van der Waals surface area contributed by atoms with Gasteiger partial charge in [0.2, 0.25) is 17.5 Å². The summed E-state index contributed by atoms with van der Waals surface area (Å²) in [7, 11) is 0. The number of amides is 3. The standard InChI is InChI=1S/C31H35F4N3O7/c1-31(2,3)18-10-6-7-11-21(18)36-29(43)30(44)38-12-8-4-5-9-17(15-38)28(42)37-22(14-24(40)41)23(39)16-45-27-25(34)19(32)13-20(33)26(27)35/h6-7,10-11,13,17,22H,4-5,8-9,12,14-16H2,1-3H3,(H,36,43)(H,37,42)(H,40,41)/t17-,22+/m1/s1. The third-order valence-corrected chi connectivity index (χ3v) is 7.27. The molecule has 14 heteroatoms. The Labute approximate surface area is 257 Å². The Kier molecular flexibility index (Phi) is 11.7. The monoisotopic (exact) mass is 637 g/mol. The second-order valence-electron chi connectivity index (χ2n) is 11.8. The van der Waals surface area contributed by atoms with E-state index >= 15 is 0 Å². The van der Waals surface area contributed by atoms with Gasteiger partial charge in [-0.15, -0.1) is 0 Å². The van der Waals surface area contributed by atoms with Crippen LogP contribution in [0, 0.1) is 29.2 Å². The molecule has 1 saturated heterocycles. The quantitative estimate of drug-likeness (QED) is 0.214. The number of carbonyl (C=O) groups excluding carboxylic acids is 4. The third kappa shape index (κ3) is 9.25. The molecule has 0 aliphatic carbocycles. The molecule has 2 atom stereocenters. The molecule has 244 valence electrons. The van der Waals surface area contributed by atoms with E-state index in [9.17, 15) is 46.6 Å². The molecule has 3 amide bonds. The van der Waals surface area contributed by atoms with Gasteiger partial charge in [-0.1, -0.05) is 51.8 Å². The Morgan fingerprint density at radius 2 is 1.64 bits per heavy atom. The van der Waals surface area contributed by atoms with Gasteiger partial charge in [0.1, 0.15) is 12.6 Å². The first-order chi connectivity index (χ1) is 21.1. The number of halogens is 4. The van der Waals surface area contributed by atoms with Crippen LogP contribution < -0.4 is 15.4 Å². The van der Waals surface area contributed by atoms with Gasteiger partial charge in [0.15, 0.2) is 23.2 Å². The Morgan fingerprint density at radius 3 is 2.27 bits per heavy atom. The molecule has 1 heterocycles. The van der Waals surface area contributed by atoms with E-state index in [2.05, 4.69) is 15.4 Å². The number of nitrogens with zero attached hydrogens (tertiary/aromatic N) is 1. The highest BCUT2D eigenvalue weighted by molar-refractivity contribution is 6.39. The zero-order valence-electron chi connectivity index (χ0n) is 25.1. The van der Waals surface area contributed by atoms with E-state index in [0.29, 0.717) is 24.9 Å². The van der Waals surface area contributed by atoms with E-state index < -0.39 is 83.5 Å². The molecule has 0 spiro atoms. The highest BCUT2D eigenvalue weighted by Gasteiger charge is 2.33. The molecular formula is C31H35F4N3O7. The lowest BCUT2D eigenvalue weighted by molar-refractivity contribution is -0.145. The van der Waals surface area contributed by atoms with Crippen LogP contribution in [0.3, 0.4) is 0 Å². The Morgan fingerprint density at radius 1 is 1.00 bits per heavy atom. The lowest BCUT2D eigenvalue weighted by Gasteiger charge is -2.30. The molecule has 1 fully saturated rings. The number of carbonyl (C=O) groups is 5. The van der Waals surface area contributed by atoms with Gasteiger partial charge in [0, 0.05) is 24.8 Å². The van der Waals surface area contributed by atoms with Crippen molar-refractivity contribution in [3.8, 4) is 5.75 Å². The van der Waals surface area contributed by atoms with E-state index in [1.807, 2.05) is 32.9 Å². The number of carboxylic acid groups (broad SMARTS) is 1. The third-order valence-electron chi connectivity index (χ3n) is 7.27. The van der Waals surface area contributed by atoms with Gasteiger partial charge in [-0.3, -0.25) is 24.0 Å². The van der Waals surface area contributed by atoms with Crippen molar-refractivity contribution in [2.24, 2.45) is 5.92 Å². The summed E-state index contributed by atoms with van der Waals surface area (Å²) < 4.78 is 59.5. The minimum absolute atomic E-state index is 0.0513. The highest BCUT2D eigenvalue weighted by atomic mass is 19.2. The minimum atomic E-state index is -1.90.